The molecule has 0 fully saturated rings. The van der Waals surface area contributed by atoms with E-state index in [1.165, 1.54) is 16.4 Å². The molecule has 26 heavy (non-hydrogen) atoms. The largest absolute Gasteiger partial charge is 0.350 e. The van der Waals surface area contributed by atoms with E-state index in [9.17, 15) is 13.2 Å². The highest BCUT2D eigenvalue weighted by atomic mass is 32.2. The summed E-state index contributed by atoms with van der Waals surface area (Å²) in [6.07, 6.45) is 4.76. The smallest absolute Gasteiger partial charge is 0.251 e. The summed E-state index contributed by atoms with van der Waals surface area (Å²) in [7, 11) is -2.12. The van der Waals surface area contributed by atoms with Crippen molar-refractivity contribution in [3.8, 4) is 0 Å². The number of nitrogens with one attached hydrogen (secondary N) is 1. The van der Waals surface area contributed by atoms with Gasteiger partial charge in [-0.05, 0) is 55.7 Å². The van der Waals surface area contributed by atoms with Crippen LogP contribution in [0.2, 0.25) is 0 Å². The van der Waals surface area contributed by atoms with Crippen LogP contribution in [-0.4, -0.2) is 43.2 Å². The Kier molecular flexibility index (Phi) is 6.88. The number of likely N-dealkylation sites (N-methyl/N-ethyl adjacent to an activating group) is 1. The van der Waals surface area contributed by atoms with E-state index < -0.39 is 10.0 Å². The van der Waals surface area contributed by atoms with Crippen LogP contribution in [0.15, 0.2) is 53.7 Å². The van der Waals surface area contributed by atoms with Gasteiger partial charge < -0.3 is 5.32 Å². The molecule has 0 bridgehead atoms. The molecule has 1 heterocycles. The van der Waals surface area contributed by atoms with Crippen molar-refractivity contribution in [3.05, 3.63) is 59.9 Å². The van der Waals surface area contributed by atoms with Crippen molar-refractivity contribution in [1.82, 2.24) is 14.6 Å². The fraction of sp³-hybridized carbons (Fsp3) is 0.368. The van der Waals surface area contributed by atoms with Crippen LogP contribution < -0.4 is 5.32 Å². The predicted octanol–water partition coefficient (Wildman–Crippen LogP) is 2.47. The summed E-state index contributed by atoms with van der Waals surface area (Å²) in [5, 5.41) is 2.85. The van der Waals surface area contributed by atoms with E-state index in [4.69, 9.17) is 0 Å². The summed E-state index contributed by atoms with van der Waals surface area (Å²) < 4.78 is 26.9. The van der Waals surface area contributed by atoms with Gasteiger partial charge in [0.05, 0.1) is 4.90 Å². The lowest BCUT2D eigenvalue weighted by Crippen LogP contribution is -2.32. The van der Waals surface area contributed by atoms with Crippen LogP contribution in [0.4, 0.5) is 0 Å². The van der Waals surface area contributed by atoms with E-state index in [-0.39, 0.29) is 16.8 Å². The lowest BCUT2D eigenvalue weighted by atomic mass is 10.2. The van der Waals surface area contributed by atoms with Crippen LogP contribution in [0, 0.1) is 0 Å². The number of amides is 1. The molecule has 1 unspecified atom stereocenters. The molecule has 1 aromatic carbocycles. The van der Waals surface area contributed by atoms with Crippen LogP contribution in [0.25, 0.3) is 0 Å². The van der Waals surface area contributed by atoms with Gasteiger partial charge in [-0.25, -0.2) is 12.7 Å². The summed E-state index contributed by atoms with van der Waals surface area (Å²) in [5.74, 6) is -0.268. The summed E-state index contributed by atoms with van der Waals surface area (Å²) in [6, 6.07) is 9.91. The number of nitrogens with zero attached hydrogens (tertiary/aromatic N) is 2. The van der Waals surface area contributed by atoms with Gasteiger partial charge in [0.15, 0.2) is 0 Å². The van der Waals surface area contributed by atoms with E-state index in [0.29, 0.717) is 18.5 Å². The van der Waals surface area contributed by atoms with Crippen LogP contribution in [0.3, 0.4) is 0 Å². The molecule has 2 rings (SSSR count). The van der Waals surface area contributed by atoms with Gasteiger partial charge in [-0.15, -0.1) is 0 Å². The fourth-order valence-electron chi connectivity index (χ4n) is 2.34. The van der Waals surface area contributed by atoms with Gasteiger partial charge >= 0.3 is 0 Å². The Hall–Kier alpha value is -2.25. The molecule has 140 valence electrons. The van der Waals surface area contributed by atoms with Crippen LogP contribution in [0.5, 0.6) is 0 Å². The molecule has 7 heteroatoms. The van der Waals surface area contributed by atoms with Crippen LogP contribution in [0.1, 0.15) is 36.2 Å². The monoisotopic (exact) mass is 375 g/mol. The Balaban J connectivity index is 2.12. The molecule has 1 atom stereocenters. The van der Waals surface area contributed by atoms with Gasteiger partial charge in [0, 0.05) is 37.6 Å². The average molecular weight is 375 g/mol. The van der Waals surface area contributed by atoms with Crippen molar-refractivity contribution in [1.29, 1.82) is 0 Å². The first kappa shape index (κ1) is 20.1. The SMILES string of the molecule is CCC(C)NC(=O)c1cccc(S(=O)(=O)N(C)CCc2ccncc2)c1. The summed E-state index contributed by atoms with van der Waals surface area (Å²) >= 11 is 0. The number of benzene rings is 1. The minimum atomic E-state index is -3.66. The molecule has 2 aromatic rings. The van der Waals surface area contributed by atoms with E-state index in [1.807, 2.05) is 26.0 Å². The highest BCUT2D eigenvalue weighted by molar-refractivity contribution is 7.89. The summed E-state index contributed by atoms with van der Waals surface area (Å²) in [4.78, 5) is 16.3. The number of carbonyl (C=O) groups excluding carboxylic acids is 1. The second kappa shape index (κ2) is 8.91. The Morgan fingerprint density at radius 1 is 1.23 bits per heavy atom. The van der Waals surface area contributed by atoms with Crippen LogP contribution in [-0.2, 0) is 16.4 Å². The lowest BCUT2D eigenvalue weighted by Gasteiger charge is -2.18. The van der Waals surface area contributed by atoms with E-state index in [2.05, 4.69) is 10.3 Å². The normalized spacial score (nSPS) is 12.8. The molecule has 0 saturated carbocycles. The minimum absolute atomic E-state index is 0.0331. The van der Waals surface area contributed by atoms with Crippen molar-refractivity contribution in [2.24, 2.45) is 0 Å². The second-order valence-electron chi connectivity index (χ2n) is 6.24. The molecular weight excluding hydrogens is 350 g/mol. The van der Waals surface area contributed by atoms with Crippen molar-refractivity contribution < 1.29 is 13.2 Å². The van der Waals surface area contributed by atoms with Crippen molar-refractivity contribution in [2.75, 3.05) is 13.6 Å². The Bertz CT molecular complexity index is 838. The molecule has 0 aliphatic carbocycles. The number of aromatic nitrogens is 1. The zero-order valence-electron chi connectivity index (χ0n) is 15.3. The number of rotatable bonds is 8. The number of pyridine rings is 1. The Morgan fingerprint density at radius 2 is 1.92 bits per heavy atom. The maximum atomic E-state index is 12.8. The topological polar surface area (TPSA) is 79.4 Å². The van der Waals surface area contributed by atoms with Gasteiger partial charge in [-0.1, -0.05) is 13.0 Å². The van der Waals surface area contributed by atoms with Crippen molar-refractivity contribution in [2.45, 2.75) is 37.6 Å². The zero-order chi connectivity index (χ0) is 19.2. The molecule has 0 spiro atoms. The molecule has 0 aliphatic heterocycles. The molecule has 0 saturated heterocycles. The van der Waals surface area contributed by atoms with E-state index in [0.717, 1.165) is 12.0 Å². The third-order valence-corrected chi connectivity index (χ3v) is 6.11. The minimum Gasteiger partial charge on any atom is -0.350 e. The first-order valence-electron chi connectivity index (χ1n) is 8.60. The van der Waals surface area contributed by atoms with Crippen molar-refractivity contribution in [3.63, 3.8) is 0 Å². The highest BCUT2D eigenvalue weighted by Gasteiger charge is 2.22. The lowest BCUT2D eigenvalue weighted by molar-refractivity contribution is 0.0939. The van der Waals surface area contributed by atoms with Crippen molar-refractivity contribution >= 4 is 15.9 Å². The third kappa shape index (κ3) is 5.12. The maximum absolute atomic E-state index is 12.8. The first-order chi connectivity index (χ1) is 12.3. The Labute approximate surface area is 155 Å². The molecule has 0 radical (unpaired) electrons. The molecular formula is C19H25N3O3S. The molecule has 6 nitrogen and oxygen atoms in total. The predicted molar refractivity (Wildman–Crippen MR) is 101 cm³/mol. The van der Waals surface area contributed by atoms with Gasteiger partial charge in [-0.3, -0.25) is 9.78 Å². The van der Waals surface area contributed by atoms with E-state index >= 15 is 0 Å². The van der Waals surface area contributed by atoms with Gasteiger partial charge in [-0.2, -0.15) is 0 Å². The fourth-order valence-corrected chi connectivity index (χ4v) is 3.56. The summed E-state index contributed by atoms with van der Waals surface area (Å²) in [5.41, 5.74) is 1.36. The number of hydrogen-bond acceptors (Lipinski definition) is 4. The molecule has 1 N–H and O–H groups in total. The third-order valence-electron chi connectivity index (χ3n) is 4.26. The second-order valence-corrected chi connectivity index (χ2v) is 8.29. The summed E-state index contributed by atoms with van der Waals surface area (Å²) in [6.45, 7) is 4.23. The quantitative estimate of drug-likeness (QED) is 0.769. The zero-order valence-corrected chi connectivity index (χ0v) is 16.2. The number of carbonyl (C=O) groups is 1. The number of sulfonamides is 1. The van der Waals surface area contributed by atoms with Gasteiger partial charge in [0.2, 0.25) is 10.0 Å². The van der Waals surface area contributed by atoms with E-state index in [1.54, 1.807) is 31.6 Å². The molecule has 1 aromatic heterocycles. The Morgan fingerprint density at radius 3 is 2.58 bits per heavy atom. The number of hydrogen-bond donors (Lipinski definition) is 1. The van der Waals surface area contributed by atoms with Crippen LogP contribution >= 0.6 is 0 Å². The van der Waals surface area contributed by atoms with Gasteiger partial charge in [0.25, 0.3) is 5.91 Å². The standard InChI is InChI=1S/C19H25N3O3S/c1-4-15(2)21-19(23)17-6-5-7-18(14-17)26(24,25)22(3)13-10-16-8-11-20-12-9-16/h5-9,11-12,14-15H,4,10,13H2,1-3H3,(H,21,23). The molecule has 1 amide bonds. The highest BCUT2D eigenvalue weighted by Crippen LogP contribution is 2.17. The van der Waals surface area contributed by atoms with Gasteiger partial charge in [0.1, 0.15) is 0 Å². The molecule has 0 aliphatic rings. The maximum Gasteiger partial charge on any atom is 0.251 e. The first-order valence-corrected chi connectivity index (χ1v) is 10.0. The average Bonchev–Trinajstić information content (AvgIpc) is 2.66.